The standard InChI is InChI=1S/C21H31NO5/c1-6-26-18-10-8-17(14-19(18)25-5)9-11-20(23)22(15-16(3)4)13-12-21(24)27-7-2/h8-11,14,16H,6-7,12-13,15H2,1-5H3/b11-9+. The number of rotatable bonds is 11. The lowest BCUT2D eigenvalue weighted by Crippen LogP contribution is -2.35. The van der Waals surface area contributed by atoms with E-state index < -0.39 is 0 Å². The minimum Gasteiger partial charge on any atom is -0.493 e. The molecular weight excluding hydrogens is 346 g/mol. The van der Waals surface area contributed by atoms with Crippen molar-refractivity contribution in [3.05, 3.63) is 29.8 Å². The highest BCUT2D eigenvalue weighted by molar-refractivity contribution is 5.92. The van der Waals surface area contributed by atoms with Crippen molar-refractivity contribution in [1.29, 1.82) is 0 Å². The van der Waals surface area contributed by atoms with Crippen LogP contribution in [0.15, 0.2) is 24.3 Å². The van der Waals surface area contributed by atoms with E-state index in [0.717, 1.165) is 5.56 Å². The Labute approximate surface area is 162 Å². The number of hydrogen-bond donors (Lipinski definition) is 0. The second-order valence-electron chi connectivity index (χ2n) is 6.41. The normalized spacial score (nSPS) is 10.9. The average molecular weight is 377 g/mol. The summed E-state index contributed by atoms with van der Waals surface area (Å²) in [6.07, 6.45) is 3.44. The molecule has 6 heteroatoms. The first-order valence-electron chi connectivity index (χ1n) is 9.34. The molecule has 0 aliphatic carbocycles. The van der Waals surface area contributed by atoms with Crippen molar-refractivity contribution in [2.75, 3.05) is 33.4 Å². The highest BCUT2D eigenvalue weighted by Crippen LogP contribution is 2.28. The number of esters is 1. The Bertz CT molecular complexity index is 639. The maximum absolute atomic E-state index is 12.6. The lowest BCUT2D eigenvalue weighted by atomic mass is 10.1. The molecule has 150 valence electrons. The largest absolute Gasteiger partial charge is 0.493 e. The third-order valence-corrected chi connectivity index (χ3v) is 3.69. The maximum Gasteiger partial charge on any atom is 0.307 e. The van der Waals surface area contributed by atoms with E-state index in [1.807, 2.05) is 39.0 Å². The number of methoxy groups -OCH3 is 1. The fourth-order valence-electron chi connectivity index (χ4n) is 2.53. The van der Waals surface area contributed by atoms with Crippen molar-refractivity contribution < 1.29 is 23.8 Å². The van der Waals surface area contributed by atoms with Crippen LogP contribution in [0, 0.1) is 5.92 Å². The van der Waals surface area contributed by atoms with Crippen molar-refractivity contribution in [1.82, 2.24) is 4.90 Å². The van der Waals surface area contributed by atoms with Crippen LogP contribution in [-0.2, 0) is 14.3 Å². The quantitative estimate of drug-likeness (QED) is 0.436. The van der Waals surface area contributed by atoms with Gasteiger partial charge in [0.2, 0.25) is 5.91 Å². The molecule has 0 saturated heterocycles. The Balaban J connectivity index is 2.82. The molecule has 0 heterocycles. The van der Waals surface area contributed by atoms with Gasteiger partial charge in [0, 0.05) is 19.2 Å². The van der Waals surface area contributed by atoms with Gasteiger partial charge in [0.1, 0.15) is 0 Å². The van der Waals surface area contributed by atoms with Crippen LogP contribution in [0.1, 0.15) is 39.7 Å². The molecule has 0 atom stereocenters. The van der Waals surface area contributed by atoms with Crippen molar-refractivity contribution in [3.63, 3.8) is 0 Å². The van der Waals surface area contributed by atoms with Crippen molar-refractivity contribution >= 4 is 18.0 Å². The van der Waals surface area contributed by atoms with Gasteiger partial charge in [-0.25, -0.2) is 0 Å². The number of benzene rings is 1. The second kappa shape index (κ2) is 12.0. The molecule has 0 saturated carbocycles. The number of ether oxygens (including phenoxy) is 3. The van der Waals surface area contributed by atoms with Crippen LogP contribution in [0.25, 0.3) is 6.08 Å². The van der Waals surface area contributed by atoms with Gasteiger partial charge < -0.3 is 19.1 Å². The van der Waals surface area contributed by atoms with Gasteiger partial charge in [-0.2, -0.15) is 0 Å². The molecule has 1 aromatic rings. The zero-order valence-electron chi connectivity index (χ0n) is 17.0. The highest BCUT2D eigenvalue weighted by Gasteiger charge is 2.15. The second-order valence-corrected chi connectivity index (χ2v) is 6.41. The number of nitrogens with zero attached hydrogens (tertiary/aromatic N) is 1. The Hall–Kier alpha value is -2.50. The molecule has 0 bridgehead atoms. The number of hydrogen-bond acceptors (Lipinski definition) is 5. The van der Waals surface area contributed by atoms with E-state index in [9.17, 15) is 9.59 Å². The SMILES string of the molecule is CCOC(=O)CCN(CC(C)C)C(=O)/C=C/c1ccc(OCC)c(OC)c1. The van der Waals surface area contributed by atoms with Gasteiger partial charge in [0.05, 0.1) is 26.7 Å². The minimum absolute atomic E-state index is 0.138. The third-order valence-electron chi connectivity index (χ3n) is 3.69. The summed E-state index contributed by atoms with van der Waals surface area (Å²) >= 11 is 0. The molecule has 0 aliphatic heterocycles. The molecule has 27 heavy (non-hydrogen) atoms. The van der Waals surface area contributed by atoms with Crippen LogP contribution < -0.4 is 9.47 Å². The fourth-order valence-corrected chi connectivity index (χ4v) is 2.53. The van der Waals surface area contributed by atoms with Crippen LogP contribution in [0.5, 0.6) is 11.5 Å². The predicted octanol–water partition coefficient (Wildman–Crippen LogP) is 3.54. The van der Waals surface area contributed by atoms with Crippen molar-refractivity contribution in [3.8, 4) is 11.5 Å². The summed E-state index contributed by atoms with van der Waals surface area (Å²) in [5.41, 5.74) is 0.832. The summed E-state index contributed by atoms with van der Waals surface area (Å²) < 4.78 is 15.8. The van der Waals surface area contributed by atoms with Gasteiger partial charge >= 0.3 is 5.97 Å². The van der Waals surface area contributed by atoms with E-state index in [1.54, 1.807) is 25.0 Å². The molecule has 0 aromatic heterocycles. The molecule has 0 aliphatic rings. The number of carbonyl (C=O) groups is 2. The Morgan fingerprint density at radius 2 is 1.89 bits per heavy atom. The van der Waals surface area contributed by atoms with E-state index in [2.05, 4.69) is 0 Å². The minimum atomic E-state index is -0.292. The van der Waals surface area contributed by atoms with Gasteiger partial charge in [0.25, 0.3) is 0 Å². The molecular formula is C21H31NO5. The van der Waals surface area contributed by atoms with Gasteiger partial charge in [-0.05, 0) is 43.5 Å². The lowest BCUT2D eigenvalue weighted by molar-refractivity contribution is -0.143. The Kier molecular flexibility index (Phi) is 10.0. The monoisotopic (exact) mass is 377 g/mol. The van der Waals surface area contributed by atoms with Gasteiger partial charge in [-0.15, -0.1) is 0 Å². The molecule has 0 fully saturated rings. The van der Waals surface area contributed by atoms with Crippen LogP contribution in [0.3, 0.4) is 0 Å². The number of amides is 1. The summed E-state index contributed by atoms with van der Waals surface area (Å²) in [7, 11) is 1.58. The van der Waals surface area contributed by atoms with Crippen molar-refractivity contribution in [2.45, 2.75) is 34.1 Å². The summed E-state index contributed by atoms with van der Waals surface area (Å²) in [6, 6.07) is 5.50. The van der Waals surface area contributed by atoms with Gasteiger partial charge in [-0.1, -0.05) is 19.9 Å². The third kappa shape index (κ3) is 8.15. The predicted molar refractivity (Wildman–Crippen MR) is 106 cm³/mol. The zero-order chi connectivity index (χ0) is 20.2. The molecule has 0 unspecified atom stereocenters. The first-order valence-corrected chi connectivity index (χ1v) is 9.34. The smallest absolute Gasteiger partial charge is 0.307 e. The van der Waals surface area contributed by atoms with E-state index >= 15 is 0 Å². The molecule has 1 aromatic carbocycles. The van der Waals surface area contributed by atoms with Crippen LogP contribution in [0.4, 0.5) is 0 Å². The summed E-state index contributed by atoms with van der Waals surface area (Å²) in [4.78, 5) is 25.8. The van der Waals surface area contributed by atoms with Crippen molar-refractivity contribution in [2.24, 2.45) is 5.92 Å². The molecule has 0 radical (unpaired) electrons. The van der Waals surface area contributed by atoms with E-state index in [-0.39, 0.29) is 18.3 Å². The van der Waals surface area contributed by atoms with Gasteiger partial charge in [-0.3, -0.25) is 9.59 Å². The fraction of sp³-hybridized carbons (Fsp3) is 0.524. The molecule has 0 N–H and O–H groups in total. The molecule has 0 spiro atoms. The van der Waals surface area contributed by atoms with Gasteiger partial charge in [0.15, 0.2) is 11.5 Å². The molecule has 1 rings (SSSR count). The van der Waals surface area contributed by atoms with Crippen LogP contribution in [0.2, 0.25) is 0 Å². The Morgan fingerprint density at radius 1 is 1.15 bits per heavy atom. The molecule has 1 amide bonds. The van der Waals surface area contributed by atoms with Crippen LogP contribution in [-0.4, -0.2) is 50.2 Å². The summed E-state index contributed by atoms with van der Waals surface area (Å²) in [5.74, 6) is 1.15. The first kappa shape index (κ1) is 22.5. The topological polar surface area (TPSA) is 65.1 Å². The maximum atomic E-state index is 12.6. The average Bonchev–Trinajstić information content (AvgIpc) is 2.64. The first-order chi connectivity index (χ1) is 12.9. The van der Waals surface area contributed by atoms with E-state index in [4.69, 9.17) is 14.2 Å². The van der Waals surface area contributed by atoms with Crippen LogP contribution >= 0.6 is 0 Å². The zero-order valence-corrected chi connectivity index (χ0v) is 17.0. The summed E-state index contributed by atoms with van der Waals surface area (Å²) in [5, 5.41) is 0. The Morgan fingerprint density at radius 3 is 2.48 bits per heavy atom. The lowest BCUT2D eigenvalue weighted by Gasteiger charge is -2.23. The highest BCUT2D eigenvalue weighted by atomic mass is 16.5. The summed E-state index contributed by atoms with van der Waals surface area (Å²) in [6.45, 7) is 9.55. The van der Waals surface area contributed by atoms with E-state index in [1.165, 1.54) is 6.08 Å². The number of carbonyl (C=O) groups excluding carboxylic acids is 2. The van der Waals surface area contributed by atoms with E-state index in [0.29, 0.717) is 43.7 Å². The molecule has 6 nitrogen and oxygen atoms in total.